The summed E-state index contributed by atoms with van der Waals surface area (Å²) in [5.74, 6) is -1.27. The zero-order valence-corrected chi connectivity index (χ0v) is 12.0. The number of nitro benzene ring substituents is 1. The summed E-state index contributed by atoms with van der Waals surface area (Å²) in [7, 11) is 0. The Morgan fingerprint density at radius 1 is 1.45 bits per heavy atom. The normalized spacial score (nSPS) is 11.3. The number of carbonyl (C=O) groups is 1. The SMILES string of the molecule is CCC(C)(C)CNCc1cccc([N+](=O)[O-])c1C(=O)O. The third-order valence-electron chi connectivity index (χ3n) is 3.42. The first-order valence-electron chi connectivity index (χ1n) is 6.49. The van der Waals surface area contributed by atoms with Crippen LogP contribution in [0.25, 0.3) is 0 Å². The molecule has 1 aromatic carbocycles. The van der Waals surface area contributed by atoms with Crippen LogP contribution in [-0.4, -0.2) is 22.5 Å². The molecule has 1 aromatic rings. The molecular weight excluding hydrogens is 260 g/mol. The minimum atomic E-state index is -1.27. The predicted molar refractivity (Wildman–Crippen MR) is 75.8 cm³/mol. The van der Waals surface area contributed by atoms with Crippen molar-refractivity contribution in [1.29, 1.82) is 0 Å². The summed E-state index contributed by atoms with van der Waals surface area (Å²) in [6, 6.07) is 4.32. The molecule has 0 amide bonds. The minimum Gasteiger partial charge on any atom is -0.477 e. The lowest BCUT2D eigenvalue weighted by molar-refractivity contribution is -0.385. The fourth-order valence-corrected chi connectivity index (χ4v) is 1.79. The van der Waals surface area contributed by atoms with Crippen molar-refractivity contribution in [1.82, 2.24) is 5.32 Å². The number of nitrogens with one attached hydrogen (secondary N) is 1. The fraction of sp³-hybridized carbons (Fsp3) is 0.500. The third kappa shape index (κ3) is 4.03. The van der Waals surface area contributed by atoms with Crippen molar-refractivity contribution in [2.24, 2.45) is 5.41 Å². The maximum Gasteiger partial charge on any atom is 0.343 e. The Morgan fingerprint density at radius 3 is 2.60 bits per heavy atom. The van der Waals surface area contributed by atoms with Crippen LogP contribution >= 0.6 is 0 Å². The van der Waals surface area contributed by atoms with E-state index in [4.69, 9.17) is 5.11 Å². The molecule has 0 heterocycles. The lowest BCUT2D eigenvalue weighted by Crippen LogP contribution is -2.29. The van der Waals surface area contributed by atoms with Crippen LogP contribution in [0.2, 0.25) is 0 Å². The van der Waals surface area contributed by atoms with E-state index < -0.39 is 10.9 Å². The van der Waals surface area contributed by atoms with Gasteiger partial charge in [0, 0.05) is 19.2 Å². The van der Waals surface area contributed by atoms with Gasteiger partial charge in [-0.25, -0.2) is 4.79 Å². The van der Waals surface area contributed by atoms with Gasteiger partial charge in [-0.3, -0.25) is 10.1 Å². The van der Waals surface area contributed by atoms with Crippen molar-refractivity contribution >= 4 is 11.7 Å². The van der Waals surface area contributed by atoms with Gasteiger partial charge in [0.05, 0.1) is 4.92 Å². The molecular formula is C14H20N2O4. The monoisotopic (exact) mass is 280 g/mol. The van der Waals surface area contributed by atoms with E-state index in [1.807, 2.05) is 0 Å². The number of carboxylic acids is 1. The van der Waals surface area contributed by atoms with Crippen molar-refractivity contribution < 1.29 is 14.8 Å². The highest BCUT2D eigenvalue weighted by atomic mass is 16.6. The van der Waals surface area contributed by atoms with Crippen LogP contribution < -0.4 is 5.32 Å². The fourth-order valence-electron chi connectivity index (χ4n) is 1.79. The van der Waals surface area contributed by atoms with Crippen LogP contribution in [-0.2, 0) is 6.54 Å². The summed E-state index contributed by atoms with van der Waals surface area (Å²) >= 11 is 0. The summed E-state index contributed by atoms with van der Waals surface area (Å²) in [4.78, 5) is 21.4. The third-order valence-corrected chi connectivity index (χ3v) is 3.42. The van der Waals surface area contributed by atoms with Crippen LogP contribution in [0.1, 0.15) is 43.1 Å². The second-order valence-electron chi connectivity index (χ2n) is 5.49. The maximum atomic E-state index is 11.2. The van der Waals surface area contributed by atoms with Crippen LogP contribution in [0.3, 0.4) is 0 Å². The number of benzene rings is 1. The lowest BCUT2D eigenvalue weighted by Gasteiger charge is -2.23. The molecule has 0 aliphatic carbocycles. The molecule has 0 bridgehead atoms. The standard InChI is InChI=1S/C14H20N2O4/c1-4-14(2,3)9-15-8-10-6-5-7-11(16(19)20)12(10)13(17)18/h5-7,15H,4,8-9H2,1-3H3,(H,17,18). The molecule has 0 saturated carbocycles. The molecule has 0 radical (unpaired) electrons. The van der Waals surface area contributed by atoms with E-state index in [0.29, 0.717) is 18.7 Å². The van der Waals surface area contributed by atoms with Gasteiger partial charge < -0.3 is 10.4 Å². The van der Waals surface area contributed by atoms with Crippen molar-refractivity contribution in [3.63, 3.8) is 0 Å². The van der Waals surface area contributed by atoms with Gasteiger partial charge in [-0.15, -0.1) is 0 Å². The number of aromatic carboxylic acids is 1. The number of nitrogens with zero attached hydrogens (tertiary/aromatic N) is 1. The van der Waals surface area contributed by atoms with Crippen molar-refractivity contribution in [2.75, 3.05) is 6.54 Å². The van der Waals surface area contributed by atoms with E-state index >= 15 is 0 Å². The van der Waals surface area contributed by atoms with E-state index in [-0.39, 0.29) is 16.7 Å². The average Bonchev–Trinajstić information content (AvgIpc) is 2.37. The highest BCUT2D eigenvalue weighted by molar-refractivity contribution is 5.94. The topological polar surface area (TPSA) is 92.5 Å². The van der Waals surface area contributed by atoms with Crippen LogP contribution in [0, 0.1) is 15.5 Å². The smallest absolute Gasteiger partial charge is 0.343 e. The number of hydrogen-bond donors (Lipinski definition) is 2. The molecule has 0 saturated heterocycles. The van der Waals surface area contributed by atoms with Crippen molar-refractivity contribution in [3.8, 4) is 0 Å². The van der Waals surface area contributed by atoms with Crippen LogP contribution in [0.5, 0.6) is 0 Å². The Balaban J connectivity index is 2.93. The zero-order valence-electron chi connectivity index (χ0n) is 12.0. The zero-order chi connectivity index (χ0) is 15.3. The number of rotatable bonds is 7. The number of nitro groups is 1. The molecule has 0 aliphatic heterocycles. The molecule has 2 N–H and O–H groups in total. The van der Waals surface area contributed by atoms with E-state index in [1.54, 1.807) is 6.07 Å². The van der Waals surface area contributed by atoms with E-state index in [9.17, 15) is 14.9 Å². The van der Waals surface area contributed by atoms with Gasteiger partial charge in [-0.05, 0) is 17.4 Å². The Hall–Kier alpha value is -1.95. The Labute approximate surface area is 118 Å². The highest BCUT2D eigenvalue weighted by Gasteiger charge is 2.23. The molecule has 0 unspecified atom stereocenters. The summed E-state index contributed by atoms with van der Waals surface area (Å²) in [6.45, 7) is 7.30. The van der Waals surface area contributed by atoms with Gasteiger partial charge in [0.1, 0.15) is 5.56 Å². The maximum absolute atomic E-state index is 11.2. The van der Waals surface area contributed by atoms with E-state index in [2.05, 4.69) is 26.1 Å². The van der Waals surface area contributed by atoms with E-state index in [1.165, 1.54) is 12.1 Å². The Morgan fingerprint density at radius 2 is 2.10 bits per heavy atom. The first-order chi connectivity index (χ1) is 9.28. The first kappa shape index (κ1) is 16.1. The summed E-state index contributed by atoms with van der Waals surface area (Å²) in [5.41, 5.74) is -0.0751. The summed E-state index contributed by atoms with van der Waals surface area (Å²) in [5, 5.41) is 23.2. The summed E-state index contributed by atoms with van der Waals surface area (Å²) < 4.78 is 0. The molecule has 0 fully saturated rings. The molecule has 0 spiro atoms. The second-order valence-corrected chi connectivity index (χ2v) is 5.49. The molecule has 6 nitrogen and oxygen atoms in total. The Bertz CT molecular complexity index is 512. The predicted octanol–water partition coefficient (Wildman–Crippen LogP) is 2.82. The highest BCUT2D eigenvalue weighted by Crippen LogP contribution is 2.23. The number of carboxylic acid groups (broad SMARTS) is 1. The molecule has 0 aromatic heterocycles. The molecule has 0 aliphatic rings. The summed E-state index contributed by atoms with van der Waals surface area (Å²) in [6.07, 6.45) is 0.987. The second kappa shape index (κ2) is 6.47. The Kier molecular flexibility index (Phi) is 5.21. The van der Waals surface area contributed by atoms with Gasteiger partial charge in [-0.2, -0.15) is 0 Å². The van der Waals surface area contributed by atoms with Crippen LogP contribution in [0.4, 0.5) is 5.69 Å². The van der Waals surface area contributed by atoms with Gasteiger partial charge in [0.2, 0.25) is 0 Å². The number of hydrogen-bond acceptors (Lipinski definition) is 4. The first-order valence-corrected chi connectivity index (χ1v) is 6.49. The average molecular weight is 280 g/mol. The van der Waals surface area contributed by atoms with Crippen molar-refractivity contribution in [2.45, 2.75) is 33.7 Å². The largest absolute Gasteiger partial charge is 0.477 e. The minimum absolute atomic E-state index is 0.101. The quantitative estimate of drug-likeness (QED) is 0.591. The van der Waals surface area contributed by atoms with Gasteiger partial charge >= 0.3 is 5.97 Å². The van der Waals surface area contributed by atoms with Gasteiger partial charge in [0.25, 0.3) is 5.69 Å². The molecule has 6 heteroatoms. The van der Waals surface area contributed by atoms with Crippen molar-refractivity contribution in [3.05, 3.63) is 39.4 Å². The lowest BCUT2D eigenvalue weighted by atomic mass is 9.90. The molecule has 20 heavy (non-hydrogen) atoms. The molecule has 1 rings (SSSR count). The van der Waals surface area contributed by atoms with Gasteiger partial charge in [-0.1, -0.05) is 32.9 Å². The van der Waals surface area contributed by atoms with Gasteiger partial charge in [0.15, 0.2) is 0 Å². The molecule has 110 valence electrons. The van der Waals surface area contributed by atoms with E-state index in [0.717, 1.165) is 6.42 Å². The van der Waals surface area contributed by atoms with Crippen LogP contribution in [0.15, 0.2) is 18.2 Å². The molecule has 0 atom stereocenters.